The first kappa shape index (κ1) is 14.1. The lowest BCUT2D eigenvalue weighted by Crippen LogP contribution is -2.07. The zero-order valence-electron chi connectivity index (χ0n) is 10.7. The zero-order chi connectivity index (χ0) is 14.5. The van der Waals surface area contributed by atoms with Crippen molar-refractivity contribution in [1.82, 2.24) is 4.98 Å². The largest absolute Gasteiger partial charge is 0.465 e. The molecular formula is C14H11NO4S. The summed E-state index contributed by atoms with van der Waals surface area (Å²) in [5.74, 6) is -1.11. The van der Waals surface area contributed by atoms with Gasteiger partial charge >= 0.3 is 5.97 Å². The zero-order valence-corrected chi connectivity index (χ0v) is 11.5. The third-order valence-corrected chi connectivity index (χ3v) is 3.68. The summed E-state index contributed by atoms with van der Waals surface area (Å²) in [5.41, 5.74) is 0.394. The molecule has 2 aromatic heterocycles. The van der Waals surface area contributed by atoms with Crippen molar-refractivity contribution in [3.8, 4) is 0 Å². The van der Waals surface area contributed by atoms with Crippen molar-refractivity contribution in [1.29, 1.82) is 0 Å². The molecule has 0 aliphatic heterocycles. The number of Topliss-reactive ketones (excluding diaryl/α,β-unsaturated/α-hetero) is 2. The highest BCUT2D eigenvalue weighted by atomic mass is 32.1. The molecule has 0 bridgehead atoms. The summed E-state index contributed by atoms with van der Waals surface area (Å²) in [4.78, 5) is 39.7. The average molecular weight is 289 g/mol. The normalized spacial score (nSPS) is 10.1. The predicted octanol–water partition coefficient (Wildman–Crippen LogP) is 2.39. The Morgan fingerprint density at radius 2 is 1.90 bits per heavy atom. The van der Waals surface area contributed by atoms with Crippen LogP contribution in [0.5, 0.6) is 0 Å². The lowest BCUT2D eigenvalue weighted by atomic mass is 10.1. The quantitative estimate of drug-likeness (QED) is 0.480. The van der Waals surface area contributed by atoms with E-state index in [1.165, 1.54) is 25.4 Å². The molecule has 0 aliphatic carbocycles. The molecule has 0 aromatic carbocycles. The Bertz CT molecular complexity index is 648. The predicted molar refractivity (Wildman–Crippen MR) is 73.2 cm³/mol. The fourth-order valence-corrected chi connectivity index (χ4v) is 2.42. The number of carbonyl (C=O) groups excluding carboxylic acids is 3. The van der Waals surface area contributed by atoms with E-state index in [2.05, 4.69) is 9.72 Å². The molecule has 2 rings (SSSR count). The third kappa shape index (κ3) is 3.16. The molecule has 0 radical (unpaired) electrons. The average Bonchev–Trinajstić information content (AvgIpc) is 2.97. The van der Waals surface area contributed by atoms with E-state index in [0.717, 1.165) is 11.3 Å². The van der Waals surface area contributed by atoms with Gasteiger partial charge in [-0.1, -0.05) is 0 Å². The Labute approximate surface area is 119 Å². The standard InChI is InChI=1S/C14H11NO4S/c1-19-14(18)13-5-4-12(20-13)11(17)7-10(16)9-3-2-6-15-8-9/h2-6,8H,7H2,1H3. The van der Waals surface area contributed by atoms with Gasteiger partial charge in [0.1, 0.15) is 4.88 Å². The van der Waals surface area contributed by atoms with Crippen molar-refractivity contribution in [2.24, 2.45) is 0 Å². The Morgan fingerprint density at radius 1 is 1.15 bits per heavy atom. The number of pyridine rings is 1. The maximum atomic E-state index is 12.0. The highest BCUT2D eigenvalue weighted by Crippen LogP contribution is 2.19. The Kier molecular flexibility index (Phi) is 4.37. The molecule has 0 amide bonds. The van der Waals surface area contributed by atoms with Gasteiger partial charge in [-0.25, -0.2) is 4.79 Å². The first-order valence-electron chi connectivity index (χ1n) is 5.76. The molecule has 0 spiro atoms. The second kappa shape index (κ2) is 6.21. The van der Waals surface area contributed by atoms with Crippen LogP contribution in [-0.2, 0) is 4.74 Å². The number of methoxy groups -OCH3 is 1. The van der Waals surface area contributed by atoms with Gasteiger partial charge in [0, 0.05) is 18.0 Å². The van der Waals surface area contributed by atoms with Gasteiger partial charge in [-0.2, -0.15) is 0 Å². The number of carbonyl (C=O) groups is 3. The number of ketones is 2. The van der Waals surface area contributed by atoms with E-state index in [1.54, 1.807) is 18.3 Å². The highest BCUT2D eigenvalue weighted by Gasteiger charge is 2.17. The number of hydrogen-bond acceptors (Lipinski definition) is 6. The molecule has 0 saturated heterocycles. The lowest BCUT2D eigenvalue weighted by molar-refractivity contribution is 0.0606. The van der Waals surface area contributed by atoms with Gasteiger partial charge in [0.05, 0.1) is 18.4 Å². The number of nitrogens with zero attached hydrogens (tertiary/aromatic N) is 1. The molecular weight excluding hydrogens is 278 g/mol. The Balaban J connectivity index is 2.07. The number of aromatic nitrogens is 1. The monoisotopic (exact) mass is 289 g/mol. The minimum absolute atomic E-state index is 0.243. The summed E-state index contributed by atoms with van der Waals surface area (Å²) in [5, 5.41) is 0. The summed E-state index contributed by atoms with van der Waals surface area (Å²) in [6.45, 7) is 0. The van der Waals surface area contributed by atoms with E-state index in [1.807, 2.05) is 0 Å². The van der Waals surface area contributed by atoms with E-state index in [9.17, 15) is 14.4 Å². The van der Waals surface area contributed by atoms with Crippen LogP contribution in [0.2, 0.25) is 0 Å². The van der Waals surface area contributed by atoms with Gasteiger partial charge in [-0.3, -0.25) is 14.6 Å². The molecule has 0 N–H and O–H groups in total. The molecule has 2 aromatic rings. The lowest BCUT2D eigenvalue weighted by Gasteiger charge is -1.98. The summed E-state index contributed by atoms with van der Waals surface area (Å²) in [6.07, 6.45) is 2.73. The Hall–Kier alpha value is -2.34. The summed E-state index contributed by atoms with van der Waals surface area (Å²) in [7, 11) is 1.27. The van der Waals surface area contributed by atoms with E-state index in [0.29, 0.717) is 15.3 Å². The number of hydrogen-bond donors (Lipinski definition) is 0. The first-order valence-corrected chi connectivity index (χ1v) is 6.58. The van der Waals surface area contributed by atoms with Gasteiger partial charge in [0.2, 0.25) is 0 Å². The van der Waals surface area contributed by atoms with Crippen LogP contribution >= 0.6 is 11.3 Å². The highest BCUT2D eigenvalue weighted by molar-refractivity contribution is 7.15. The van der Waals surface area contributed by atoms with E-state index >= 15 is 0 Å². The van der Waals surface area contributed by atoms with E-state index in [4.69, 9.17) is 0 Å². The van der Waals surface area contributed by atoms with Crippen LogP contribution in [0.3, 0.4) is 0 Å². The van der Waals surface area contributed by atoms with E-state index in [-0.39, 0.29) is 18.0 Å². The van der Waals surface area contributed by atoms with Gasteiger partial charge in [-0.05, 0) is 24.3 Å². The molecule has 5 nitrogen and oxygen atoms in total. The van der Waals surface area contributed by atoms with Crippen LogP contribution in [0.15, 0.2) is 36.7 Å². The van der Waals surface area contributed by atoms with Gasteiger partial charge < -0.3 is 4.74 Å². The van der Waals surface area contributed by atoms with Crippen molar-refractivity contribution in [3.05, 3.63) is 52.0 Å². The molecule has 0 fully saturated rings. The topological polar surface area (TPSA) is 73.3 Å². The number of thiophene rings is 1. The smallest absolute Gasteiger partial charge is 0.348 e. The number of rotatable bonds is 5. The molecule has 0 unspecified atom stereocenters. The minimum Gasteiger partial charge on any atom is -0.465 e. The molecule has 0 aliphatic rings. The van der Waals surface area contributed by atoms with Crippen molar-refractivity contribution in [2.45, 2.75) is 6.42 Å². The summed E-state index contributed by atoms with van der Waals surface area (Å²) in [6, 6.07) is 6.28. The van der Waals surface area contributed by atoms with Crippen molar-refractivity contribution >= 4 is 28.9 Å². The first-order chi connectivity index (χ1) is 9.61. The van der Waals surface area contributed by atoms with Crippen LogP contribution in [0.25, 0.3) is 0 Å². The van der Waals surface area contributed by atoms with Gasteiger partial charge in [0.25, 0.3) is 0 Å². The number of esters is 1. The van der Waals surface area contributed by atoms with Crippen molar-refractivity contribution in [2.75, 3.05) is 7.11 Å². The summed E-state index contributed by atoms with van der Waals surface area (Å²) < 4.78 is 4.56. The number of ether oxygens (including phenoxy) is 1. The minimum atomic E-state index is -0.493. The summed E-state index contributed by atoms with van der Waals surface area (Å²) >= 11 is 1.02. The molecule has 102 valence electrons. The third-order valence-electron chi connectivity index (χ3n) is 2.57. The molecule has 2 heterocycles. The van der Waals surface area contributed by atoms with E-state index < -0.39 is 5.97 Å². The second-order valence-corrected chi connectivity index (χ2v) is 5.00. The van der Waals surface area contributed by atoms with Crippen molar-refractivity contribution in [3.63, 3.8) is 0 Å². The molecule has 0 saturated carbocycles. The fraction of sp³-hybridized carbons (Fsp3) is 0.143. The SMILES string of the molecule is COC(=O)c1ccc(C(=O)CC(=O)c2cccnc2)s1. The maximum absolute atomic E-state index is 12.0. The second-order valence-electron chi connectivity index (χ2n) is 3.92. The van der Waals surface area contributed by atoms with Crippen LogP contribution in [0, 0.1) is 0 Å². The molecule has 20 heavy (non-hydrogen) atoms. The van der Waals surface area contributed by atoms with Crippen LogP contribution in [0.1, 0.15) is 36.1 Å². The maximum Gasteiger partial charge on any atom is 0.348 e. The van der Waals surface area contributed by atoms with Crippen LogP contribution in [0.4, 0.5) is 0 Å². The van der Waals surface area contributed by atoms with Gasteiger partial charge in [0.15, 0.2) is 11.6 Å². The van der Waals surface area contributed by atoms with Gasteiger partial charge in [-0.15, -0.1) is 11.3 Å². The van der Waals surface area contributed by atoms with Crippen LogP contribution < -0.4 is 0 Å². The molecule has 6 heteroatoms. The van der Waals surface area contributed by atoms with Crippen molar-refractivity contribution < 1.29 is 19.1 Å². The van der Waals surface area contributed by atoms with Crippen LogP contribution in [-0.4, -0.2) is 29.6 Å². The molecule has 0 atom stereocenters. The fourth-order valence-electron chi connectivity index (χ4n) is 1.56. The Morgan fingerprint density at radius 3 is 2.55 bits per heavy atom.